The van der Waals surface area contributed by atoms with Gasteiger partial charge >= 0.3 is 0 Å². The van der Waals surface area contributed by atoms with Gasteiger partial charge in [0.1, 0.15) is 11.8 Å². The smallest absolute Gasteiger partial charge is 0.255 e. The average Bonchev–Trinajstić information content (AvgIpc) is 3.27. The van der Waals surface area contributed by atoms with Crippen LogP contribution >= 0.6 is 0 Å². The molecule has 2 heterocycles. The van der Waals surface area contributed by atoms with Gasteiger partial charge in [0.05, 0.1) is 12.2 Å². The van der Waals surface area contributed by atoms with Crippen molar-refractivity contribution in [2.24, 2.45) is 5.92 Å². The van der Waals surface area contributed by atoms with Crippen LogP contribution in [0.4, 0.5) is 0 Å². The van der Waals surface area contributed by atoms with Gasteiger partial charge in [0, 0.05) is 35.8 Å². The first-order valence-corrected chi connectivity index (χ1v) is 11.6. The molecular weight excluding hydrogens is 414 g/mol. The van der Waals surface area contributed by atoms with Crippen molar-refractivity contribution in [2.75, 3.05) is 19.7 Å². The quantitative estimate of drug-likeness (QED) is 0.557. The Morgan fingerprint density at radius 2 is 1.88 bits per heavy atom. The van der Waals surface area contributed by atoms with Gasteiger partial charge in [-0.2, -0.15) is 0 Å². The lowest BCUT2D eigenvalue weighted by Crippen LogP contribution is -2.52. The van der Waals surface area contributed by atoms with E-state index in [1.54, 1.807) is 18.2 Å². The lowest BCUT2D eigenvalue weighted by Gasteiger charge is -2.32. The van der Waals surface area contributed by atoms with E-state index in [1.807, 2.05) is 50.1 Å². The number of H-pyrrole nitrogens is 1. The molecule has 0 spiro atoms. The van der Waals surface area contributed by atoms with E-state index in [2.05, 4.69) is 28.5 Å². The molecule has 0 aliphatic carbocycles. The zero-order valence-corrected chi connectivity index (χ0v) is 19.4. The fourth-order valence-corrected chi connectivity index (χ4v) is 4.32. The molecule has 6 nitrogen and oxygen atoms in total. The highest BCUT2D eigenvalue weighted by molar-refractivity contribution is 6.00. The second-order valence-corrected chi connectivity index (χ2v) is 8.64. The first-order chi connectivity index (χ1) is 16.0. The number of carbonyl (C=O) groups is 2. The van der Waals surface area contributed by atoms with E-state index in [4.69, 9.17) is 4.74 Å². The second kappa shape index (κ2) is 9.94. The molecule has 172 valence electrons. The van der Waals surface area contributed by atoms with Crippen molar-refractivity contribution >= 4 is 28.3 Å². The number of carbonyl (C=O) groups excluding carboxylic acids is 2. The summed E-state index contributed by atoms with van der Waals surface area (Å²) >= 11 is 0. The summed E-state index contributed by atoms with van der Waals surface area (Å²) in [6, 6.07) is 14.8. The molecule has 1 aromatic heterocycles. The molecule has 3 aromatic rings. The highest BCUT2D eigenvalue weighted by Crippen LogP contribution is 2.29. The summed E-state index contributed by atoms with van der Waals surface area (Å²) in [4.78, 5) is 31.5. The molecule has 6 heteroatoms. The Bertz CT molecular complexity index is 1180. The molecule has 1 atom stereocenters. The number of benzene rings is 2. The van der Waals surface area contributed by atoms with Gasteiger partial charge < -0.3 is 19.9 Å². The minimum absolute atomic E-state index is 0.0419. The zero-order valence-electron chi connectivity index (χ0n) is 19.4. The zero-order chi connectivity index (χ0) is 23.4. The fraction of sp³-hybridized carbons (Fsp3) is 0.333. The Balaban J connectivity index is 1.47. The monoisotopic (exact) mass is 445 g/mol. The summed E-state index contributed by atoms with van der Waals surface area (Å²) in [6.45, 7) is 7.41. The molecule has 2 N–H and O–H groups in total. The maximum absolute atomic E-state index is 13.4. The summed E-state index contributed by atoms with van der Waals surface area (Å²) in [5.41, 5.74) is 3.99. The van der Waals surface area contributed by atoms with E-state index in [1.165, 1.54) is 16.5 Å². The molecule has 0 saturated carbocycles. The molecule has 1 aliphatic rings. The van der Waals surface area contributed by atoms with Crippen molar-refractivity contribution in [1.29, 1.82) is 0 Å². The lowest BCUT2D eigenvalue weighted by molar-refractivity contribution is -0.133. The Hall–Kier alpha value is -3.54. The number of aromatic nitrogens is 1. The number of para-hydroxylation sites is 2. The normalized spacial score (nSPS) is 14.8. The van der Waals surface area contributed by atoms with E-state index in [9.17, 15) is 9.59 Å². The minimum Gasteiger partial charge on any atom is -0.493 e. The second-order valence-electron chi connectivity index (χ2n) is 8.64. The number of nitrogens with zero attached hydrogens (tertiary/aromatic N) is 1. The highest BCUT2D eigenvalue weighted by Gasteiger charge is 2.30. The molecule has 33 heavy (non-hydrogen) atoms. The predicted octanol–water partition coefficient (Wildman–Crippen LogP) is 4.64. The fourth-order valence-electron chi connectivity index (χ4n) is 4.32. The third-order valence-electron chi connectivity index (χ3n) is 6.11. The van der Waals surface area contributed by atoms with Crippen molar-refractivity contribution in [3.8, 4) is 5.75 Å². The number of rotatable bonds is 7. The van der Waals surface area contributed by atoms with Crippen LogP contribution in [0.1, 0.15) is 43.1 Å². The number of nitrogens with one attached hydrogen (secondary N) is 2. The molecule has 0 fully saturated rings. The third-order valence-corrected chi connectivity index (χ3v) is 6.11. The van der Waals surface area contributed by atoms with E-state index in [-0.39, 0.29) is 17.7 Å². The summed E-state index contributed by atoms with van der Waals surface area (Å²) in [5.74, 6) is 0.135. The van der Waals surface area contributed by atoms with E-state index in [0.717, 1.165) is 11.9 Å². The Morgan fingerprint density at radius 1 is 1.12 bits per heavy atom. The van der Waals surface area contributed by atoms with Gasteiger partial charge in [-0.15, -0.1) is 0 Å². The van der Waals surface area contributed by atoms with Crippen LogP contribution in [0.2, 0.25) is 0 Å². The van der Waals surface area contributed by atoms with E-state index < -0.39 is 6.04 Å². The summed E-state index contributed by atoms with van der Waals surface area (Å²) in [7, 11) is 0. The van der Waals surface area contributed by atoms with Gasteiger partial charge in [-0.25, -0.2) is 0 Å². The third kappa shape index (κ3) is 4.80. The minimum atomic E-state index is -0.602. The lowest BCUT2D eigenvalue weighted by atomic mass is 9.97. The molecule has 1 aliphatic heterocycles. The largest absolute Gasteiger partial charge is 0.493 e. The first-order valence-electron chi connectivity index (χ1n) is 11.6. The van der Waals surface area contributed by atoms with Gasteiger partial charge in [-0.3, -0.25) is 9.59 Å². The van der Waals surface area contributed by atoms with Crippen LogP contribution in [-0.2, 0) is 4.79 Å². The maximum Gasteiger partial charge on any atom is 0.255 e. The standard InChI is InChI=1S/C27H31N3O3/c1-4-33-24-12-8-6-10-21(24)26(31)29-25(18(2)3)27(32)30-15-13-19(14-16-30)22-17-28-23-11-7-5-9-20(22)23/h5-13,17-18,25,28H,4,14-16H2,1-3H3,(H,29,31)/t25-/m0/s1. The van der Waals surface area contributed by atoms with E-state index in [0.29, 0.717) is 31.0 Å². The van der Waals surface area contributed by atoms with Gasteiger partial charge in [-0.1, -0.05) is 50.3 Å². The van der Waals surface area contributed by atoms with Crippen molar-refractivity contribution in [3.05, 3.63) is 71.9 Å². The Morgan fingerprint density at radius 3 is 2.61 bits per heavy atom. The average molecular weight is 446 g/mol. The predicted molar refractivity (Wildman–Crippen MR) is 131 cm³/mol. The van der Waals surface area contributed by atoms with Crippen LogP contribution in [0.25, 0.3) is 16.5 Å². The van der Waals surface area contributed by atoms with Crippen LogP contribution < -0.4 is 10.1 Å². The molecule has 0 unspecified atom stereocenters. The number of hydrogen-bond donors (Lipinski definition) is 2. The van der Waals surface area contributed by atoms with Crippen LogP contribution in [0.15, 0.2) is 60.8 Å². The van der Waals surface area contributed by atoms with Gasteiger partial charge in [0.25, 0.3) is 5.91 Å². The summed E-state index contributed by atoms with van der Waals surface area (Å²) < 4.78 is 5.59. The summed E-state index contributed by atoms with van der Waals surface area (Å²) in [6.07, 6.45) is 4.95. The number of ether oxygens (including phenoxy) is 1. The first kappa shape index (κ1) is 22.6. The van der Waals surface area contributed by atoms with Crippen LogP contribution in [-0.4, -0.2) is 47.4 Å². The number of aromatic amines is 1. The Labute approximate surface area is 194 Å². The van der Waals surface area contributed by atoms with Crippen molar-refractivity contribution < 1.29 is 14.3 Å². The molecule has 0 radical (unpaired) electrons. The van der Waals surface area contributed by atoms with Crippen LogP contribution in [0.5, 0.6) is 5.75 Å². The van der Waals surface area contributed by atoms with Gasteiger partial charge in [0.2, 0.25) is 5.91 Å². The molecular formula is C27H31N3O3. The highest BCUT2D eigenvalue weighted by atomic mass is 16.5. The molecule has 2 amide bonds. The van der Waals surface area contributed by atoms with Crippen molar-refractivity contribution in [3.63, 3.8) is 0 Å². The van der Waals surface area contributed by atoms with Gasteiger partial charge in [0.15, 0.2) is 0 Å². The number of amides is 2. The molecule has 2 aromatic carbocycles. The Kier molecular flexibility index (Phi) is 6.82. The molecule has 0 saturated heterocycles. The number of fused-ring (bicyclic) bond motifs is 1. The van der Waals surface area contributed by atoms with E-state index >= 15 is 0 Å². The number of hydrogen-bond acceptors (Lipinski definition) is 3. The molecule has 0 bridgehead atoms. The SMILES string of the molecule is CCOc1ccccc1C(=O)N[C@H](C(=O)N1CC=C(c2c[nH]c3ccccc23)CC1)C(C)C. The molecule has 4 rings (SSSR count). The summed E-state index contributed by atoms with van der Waals surface area (Å²) in [5, 5.41) is 4.15. The topological polar surface area (TPSA) is 74.4 Å². The maximum atomic E-state index is 13.4. The van der Waals surface area contributed by atoms with Crippen molar-refractivity contribution in [1.82, 2.24) is 15.2 Å². The van der Waals surface area contributed by atoms with Crippen molar-refractivity contribution in [2.45, 2.75) is 33.2 Å². The van der Waals surface area contributed by atoms with Gasteiger partial charge in [-0.05, 0) is 43.0 Å². The van der Waals surface area contributed by atoms with Crippen LogP contribution in [0, 0.1) is 5.92 Å². The van der Waals surface area contributed by atoms with Crippen LogP contribution in [0.3, 0.4) is 0 Å².